The van der Waals surface area contributed by atoms with Gasteiger partial charge in [0, 0.05) is 61.3 Å². The van der Waals surface area contributed by atoms with Crippen LogP contribution >= 0.6 is 12.4 Å². The fraction of sp³-hybridized carbons (Fsp3) is 0.300. The molecule has 4 rings (SSSR count). The minimum atomic E-state index is -0.214. The maximum absolute atomic E-state index is 14.3. The van der Waals surface area contributed by atoms with Crippen molar-refractivity contribution in [3.8, 4) is 11.1 Å². The van der Waals surface area contributed by atoms with Crippen LogP contribution in [0, 0.1) is 5.82 Å². The van der Waals surface area contributed by atoms with Crippen LogP contribution in [0.15, 0.2) is 55.0 Å². The molecule has 1 N–H and O–H groups in total. The second-order valence-electron chi connectivity index (χ2n) is 6.59. The van der Waals surface area contributed by atoms with Crippen LogP contribution in [0.1, 0.15) is 18.5 Å². The molecule has 1 atom stereocenters. The second kappa shape index (κ2) is 8.50. The zero-order valence-electron chi connectivity index (χ0n) is 15.2. The summed E-state index contributed by atoms with van der Waals surface area (Å²) in [5.74, 6) is 0.641. The van der Waals surface area contributed by atoms with Crippen molar-refractivity contribution < 1.29 is 4.39 Å². The number of aromatic amines is 1. The number of pyridine rings is 1. The largest absolute Gasteiger partial charge is 0.354 e. The Balaban J connectivity index is 0.00000210. The Hall–Kier alpha value is -2.44. The highest BCUT2D eigenvalue weighted by atomic mass is 35.5. The molecular weight excluding hydrogens is 365 g/mol. The molecule has 1 aliphatic rings. The molecule has 1 fully saturated rings. The van der Waals surface area contributed by atoms with Crippen LogP contribution in [0.25, 0.3) is 11.1 Å². The van der Waals surface area contributed by atoms with E-state index in [0.717, 1.165) is 37.6 Å². The average Bonchev–Trinajstić information content (AvgIpc) is 3.23. The lowest BCUT2D eigenvalue weighted by atomic mass is 10.0. The van der Waals surface area contributed by atoms with Crippen molar-refractivity contribution in [2.45, 2.75) is 13.0 Å². The molecule has 27 heavy (non-hydrogen) atoms. The molecule has 1 aliphatic heterocycles. The molecular formula is C20H23ClFN5. The topological polar surface area (TPSA) is 48.1 Å². The van der Waals surface area contributed by atoms with Gasteiger partial charge in [0.25, 0.3) is 0 Å². The first-order valence-corrected chi connectivity index (χ1v) is 8.91. The molecule has 0 amide bonds. The van der Waals surface area contributed by atoms with Gasteiger partial charge in [-0.1, -0.05) is 18.2 Å². The van der Waals surface area contributed by atoms with Crippen LogP contribution in [0.4, 0.5) is 10.2 Å². The molecule has 0 bridgehead atoms. The van der Waals surface area contributed by atoms with E-state index in [1.807, 2.05) is 36.7 Å². The number of nitrogens with zero attached hydrogens (tertiary/aromatic N) is 4. The highest BCUT2D eigenvalue weighted by Gasteiger charge is 2.25. The quantitative estimate of drug-likeness (QED) is 0.737. The van der Waals surface area contributed by atoms with E-state index >= 15 is 0 Å². The van der Waals surface area contributed by atoms with Crippen LogP contribution in [0.5, 0.6) is 0 Å². The van der Waals surface area contributed by atoms with E-state index < -0.39 is 0 Å². The Morgan fingerprint density at radius 3 is 2.48 bits per heavy atom. The van der Waals surface area contributed by atoms with Crippen molar-refractivity contribution in [2.75, 3.05) is 31.1 Å². The van der Waals surface area contributed by atoms with Gasteiger partial charge < -0.3 is 4.90 Å². The molecule has 142 valence electrons. The highest BCUT2D eigenvalue weighted by molar-refractivity contribution is 5.85. The number of nitrogens with one attached hydrogen (secondary N) is 1. The molecule has 0 saturated carbocycles. The van der Waals surface area contributed by atoms with Gasteiger partial charge in [0.1, 0.15) is 11.6 Å². The van der Waals surface area contributed by atoms with E-state index in [4.69, 9.17) is 0 Å². The van der Waals surface area contributed by atoms with E-state index in [0.29, 0.717) is 11.6 Å². The van der Waals surface area contributed by atoms with Crippen molar-refractivity contribution in [2.24, 2.45) is 0 Å². The van der Waals surface area contributed by atoms with Crippen LogP contribution in [0.2, 0.25) is 0 Å². The Labute approximate surface area is 164 Å². The van der Waals surface area contributed by atoms with Crippen LogP contribution in [-0.4, -0.2) is 46.3 Å². The predicted molar refractivity (Wildman–Crippen MR) is 108 cm³/mol. The summed E-state index contributed by atoms with van der Waals surface area (Å²) in [7, 11) is 0. The molecule has 1 unspecified atom stereocenters. The van der Waals surface area contributed by atoms with Crippen molar-refractivity contribution in [3.05, 3.63) is 66.4 Å². The third-order valence-corrected chi connectivity index (χ3v) is 5.11. The van der Waals surface area contributed by atoms with E-state index in [-0.39, 0.29) is 18.2 Å². The first kappa shape index (κ1) is 19.3. The minimum Gasteiger partial charge on any atom is -0.354 e. The van der Waals surface area contributed by atoms with Gasteiger partial charge >= 0.3 is 0 Å². The predicted octanol–water partition coefficient (Wildman–Crippen LogP) is 3.92. The van der Waals surface area contributed by atoms with Crippen molar-refractivity contribution in [1.82, 2.24) is 20.1 Å². The van der Waals surface area contributed by atoms with Crippen LogP contribution in [0.3, 0.4) is 0 Å². The molecule has 1 aromatic carbocycles. The lowest BCUT2D eigenvalue weighted by molar-refractivity contribution is 0.198. The number of hydrogen-bond acceptors (Lipinski definition) is 4. The lowest BCUT2D eigenvalue weighted by Gasteiger charge is -2.39. The number of rotatable bonds is 4. The van der Waals surface area contributed by atoms with E-state index in [9.17, 15) is 4.39 Å². The smallest absolute Gasteiger partial charge is 0.136 e. The summed E-state index contributed by atoms with van der Waals surface area (Å²) >= 11 is 0. The second-order valence-corrected chi connectivity index (χ2v) is 6.59. The zero-order valence-corrected chi connectivity index (χ0v) is 16.0. The van der Waals surface area contributed by atoms with E-state index in [1.54, 1.807) is 12.3 Å². The number of aromatic nitrogens is 3. The first-order chi connectivity index (χ1) is 12.7. The Morgan fingerprint density at radius 2 is 1.78 bits per heavy atom. The van der Waals surface area contributed by atoms with Crippen LogP contribution < -0.4 is 4.90 Å². The fourth-order valence-electron chi connectivity index (χ4n) is 3.56. The molecule has 2 aromatic heterocycles. The van der Waals surface area contributed by atoms with Crippen molar-refractivity contribution in [1.29, 1.82) is 0 Å². The third-order valence-electron chi connectivity index (χ3n) is 5.11. The maximum Gasteiger partial charge on any atom is 0.136 e. The zero-order chi connectivity index (χ0) is 17.9. The number of hydrogen-bond donors (Lipinski definition) is 1. The van der Waals surface area contributed by atoms with Gasteiger partial charge in [0.15, 0.2) is 0 Å². The molecule has 5 nitrogen and oxygen atoms in total. The number of anilines is 1. The van der Waals surface area contributed by atoms with Crippen molar-refractivity contribution in [3.63, 3.8) is 0 Å². The SMILES string of the molecule is CC(c1cn[nH]c1)N1CCN(c2ncccc2-c2ccccc2F)CC1.Cl. The Bertz CT molecular complexity index is 862. The molecule has 7 heteroatoms. The normalized spacial score (nSPS) is 16.0. The summed E-state index contributed by atoms with van der Waals surface area (Å²) < 4.78 is 14.3. The van der Waals surface area contributed by atoms with Gasteiger partial charge in [-0.3, -0.25) is 10.00 Å². The Kier molecular flexibility index (Phi) is 6.08. The van der Waals surface area contributed by atoms with Crippen LogP contribution in [-0.2, 0) is 0 Å². The fourth-order valence-corrected chi connectivity index (χ4v) is 3.56. The summed E-state index contributed by atoms with van der Waals surface area (Å²) in [5.41, 5.74) is 2.65. The molecule has 0 spiro atoms. The average molecular weight is 388 g/mol. The summed E-state index contributed by atoms with van der Waals surface area (Å²) in [6, 6.07) is 11.0. The van der Waals surface area contributed by atoms with Gasteiger partial charge in [0.2, 0.25) is 0 Å². The standard InChI is InChI=1S/C20H22FN5.ClH/c1-15(16-13-23-24-14-16)25-9-11-26(12-10-25)20-18(6-4-8-22-20)17-5-2-3-7-19(17)21;/h2-8,13-15H,9-12H2,1H3,(H,23,24);1H. The summed E-state index contributed by atoms with van der Waals surface area (Å²) in [4.78, 5) is 9.25. The van der Waals surface area contributed by atoms with Gasteiger partial charge in [-0.15, -0.1) is 12.4 Å². The van der Waals surface area contributed by atoms with Gasteiger partial charge in [0.05, 0.1) is 6.20 Å². The summed E-state index contributed by atoms with van der Waals surface area (Å²) in [6.45, 7) is 5.78. The molecule has 1 saturated heterocycles. The van der Waals surface area contributed by atoms with E-state index in [2.05, 4.69) is 31.9 Å². The van der Waals surface area contributed by atoms with Crippen molar-refractivity contribution >= 4 is 18.2 Å². The summed E-state index contributed by atoms with van der Waals surface area (Å²) in [6.07, 6.45) is 5.61. The molecule has 3 heterocycles. The number of benzene rings is 1. The lowest BCUT2D eigenvalue weighted by Crippen LogP contribution is -2.47. The highest BCUT2D eigenvalue weighted by Crippen LogP contribution is 2.32. The molecule has 0 radical (unpaired) electrons. The van der Waals surface area contributed by atoms with E-state index in [1.165, 1.54) is 11.6 Å². The first-order valence-electron chi connectivity index (χ1n) is 8.91. The molecule has 0 aliphatic carbocycles. The molecule has 3 aromatic rings. The minimum absolute atomic E-state index is 0. The third kappa shape index (κ3) is 3.96. The number of piperazine rings is 1. The van der Waals surface area contributed by atoms with Gasteiger partial charge in [-0.25, -0.2) is 9.37 Å². The number of H-pyrrole nitrogens is 1. The van der Waals surface area contributed by atoms with Gasteiger partial charge in [-0.2, -0.15) is 5.10 Å². The number of halogens is 2. The van der Waals surface area contributed by atoms with Gasteiger partial charge in [-0.05, 0) is 25.1 Å². The summed E-state index contributed by atoms with van der Waals surface area (Å²) in [5, 5.41) is 6.93. The maximum atomic E-state index is 14.3. The monoisotopic (exact) mass is 387 g/mol. The Morgan fingerprint density at radius 1 is 1.04 bits per heavy atom.